The Bertz CT molecular complexity index is 596. The molecule has 1 unspecified atom stereocenters. The van der Waals surface area contributed by atoms with Gasteiger partial charge in [-0.3, -0.25) is 4.79 Å². The zero-order valence-electron chi connectivity index (χ0n) is 11.0. The maximum atomic E-state index is 11.4. The molecule has 1 N–H and O–H groups in total. The van der Waals surface area contributed by atoms with E-state index in [1.807, 2.05) is 38.1 Å². The molecule has 0 aliphatic rings. The van der Waals surface area contributed by atoms with Gasteiger partial charge in [-0.25, -0.2) is 0 Å². The van der Waals surface area contributed by atoms with Gasteiger partial charge < -0.3 is 5.11 Å². The Morgan fingerprint density at radius 3 is 2.68 bits per heavy atom. The predicted octanol–water partition coefficient (Wildman–Crippen LogP) is 2.50. The molecular weight excluding hydrogens is 240 g/mol. The summed E-state index contributed by atoms with van der Waals surface area (Å²) >= 11 is 0. The van der Waals surface area contributed by atoms with E-state index < -0.39 is 11.9 Å². The lowest BCUT2D eigenvalue weighted by Crippen LogP contribution is -2.16. The van der Waals surface area contributed by atoms with Crippen molar-refractivity contribution in [2.75, 3.05) is 0 Å². The van der Waals surface area contributed by atoms with Crippen molar-refractivity contribution in [3.05, 3.63) is 58.9 Å². The number of rotatable bonds is 4. The van der Waals surface area contributed by atoms with Crippen LogP contribution in [0.3, 0.4) is 0 Å². The highest BCUT2D eigenvalue weighted by atomic mass is 16.4. The van der Waals surface area contributed by atoms with Gasteiger partial charge in [0.15, 0.2) is 0 Å². The van der Waals surface area contributed by atoms with Crippen LogP contribution in [0.15, 0.2) is 36.5 Å². The number of hydrogen-bond acceptors (Lipinski definition) is 3. The quantitative estimate of drug-likeness (QED) is 0.913. The molecule has 2 aromatic rings. The average Bonchev–Trinajstić information content (AvgIpc) is 2.35. The first kappa shape index (κ1) is 13.2. The van der Waals surface area contributed by atoms with Crippen LogP contribution < -0.4 is 0 Å². The Morgan fingerprint density at radius 2 is 2.05 bits per heavy atom. The second-order valence-electron chi connectivity index (χ2n) is 4.74. The number of hydrogen-bond donors (Lipinski definition) is 1. The number of benzene rings is 1. The van der Waals surface area contributed by atoms with Crippen LogP contribution in [0.1, 0.15) is 28.3 Å². The molecule has 2 rings (SSSR count). The van der Waals surface area contributed by atoms with E-state index in [1.165, 1.54) is 0 Å². The van der Waals surface area contributed by atoms with Gasteiger partial charge in [0.1, 0.15) is 5.92 Å². The van der Waals surface area contributed by atoms with Gasteiger partial charge in [0.05, 0.1) is 11.9 Å². The summed E-state index contributed by atoms with van der Waals surface area (Å²) in [5, 5.41) is 17.2. The standard InChI is InChI=1S/C15H16N2O2/c1-10-4-3-5-12(6-10)8-13(15(18)19)14-7-11(2)9-16-17-14/h3-7,9,13H,8H2,1-2H3,(H,18,19). The van der Waals surface area contributed by atoms with E-state index in [-0.39, 0.29) is 0 Å². The molecule has 1 atom stereocenters. The van der Waals surface area contributed by atoms with Crippen LogP contribution in [0.25, 0.3) is 0 Å². The van der Waals surface area contributed by atoms with Gasteiger partial charge in [0.25, 0.3) is 0 Å². The Morgan fingerprint density at radius 1 is 1.26 bits per heavy atom. The maximum absolute atomic E-state index is 11.4. The molecule has 98 valence electrons. The van der Waals surface area contributed by atoms with E-state index in [0.29, 0.717) is 12.1 Å². The monoisotopic (exact) mass is 256 g/mol. The van der Waals surface area contributed by atoms with Gasteiger partial charge >= 0.3 is 5.97 Å². The van der Waals surface area contributed by atoms with Gasteiger partial charge in [-0.05, 0) is 37.5 Å². The Hall–Kier alpha value is -2.23. The Balaban J connectivity index is 2.29. The van der Waals surface area contributed by atoms with Gasteiger partial charge in [0.2, 0.25) is 0 Å². The van der Waals surface area contributed by atoms with E-state index in [2.05, 4.69) is 10.2 Å². The van der Waals surface area contributed by atoms with E-state index in [1.54, 1.807) is 12.3 Å². The molecule has 1 aromatic heterocycles. The molecule has 0 fully saturated rings. The molecular formula is C15H16N2O2. The number of carboxylic acid groups (broad SMARTS) is 1. The Kier molecular flexibility index (Phi) is 3.90. The summed E-state index contributed by atoms with van der Waals surface area (Å²) in [6, 6.07) is 9.64. The molecule has 0 amide bonds. The lowest BCUT2D eigenvalue weighted by atomic mass is 9.95. The number of aromatic nitrogens is 2. The summed E-state index contributed by atoms with van der Waals surface area (Å²) in [5.41, 5.74) is 3.54. The largest absolute Gasteiger partial charge is 0.481 e. The number of aliphatic carboxylic acids is 1. The second kappa shape index (κ2) is 5.61. The highest BCUT2D eigenvalue weighted by Gasteiger charge is 2.22. The van der Waals surface area contributed by atoms with Crippen LogP contribution in [0.2, 0.25) is 0 Å². The number of aryl methyl sites for hydroxylation is 2. The van der Waals surface area contributed by atoms with E-state index in [9.17, 15) is 9.90 Å². The van der Waals surface area contributed by atoms with E-state index in [0.717, 1.165) is 16.7 Å². The molecule has 0 saturated carbocycles. The minimum atomic E-state index is -0.874. The summed E-state index contributed by atoms with van der Waals surface area (Å²) in [7, 11) is 0. The zero-order valence-corrected chi connectivity index (χ0v) is 11.0. The highest BCUT2D eigenvalue weighted by molar-refractivity contribution is 5.75. The normalized spacial score (nSPS) is 12.1. The fourth-order valence-corrected chi connectivity index (χ4v) is 2.05. The van der Waals surface area contributed by atoms with E-state index in [4.69, 9.17) is 0 Å². The smallest absolute Gasteiger partial charge is 0.313 e. The van der Waals surface area contributed by atoms with Gasteiger partial charge in [0, 0.05) is 0 Å². The molecule has 0 aliphatic carbocycles. The fraction of sp³-hybridized carbons (Fsp3) is 0.267. The molecule has 0 spiro atoms. The first-order valence-corrected chi connectivity index (χ1v) is 6.14. The number of carboxylic acids is 1. The first-order chi connectivity index (χ1) is 9.06. The third-order valence-electron chi connectivity index (χ3n) is 2.99. The van der Waals surface area contributed by atoms with Crippen LogP contribution in [-0.4, -0.2) is 21.3 Å². The number of nitrogens with zero attached hydrogens (tertiary/aromatic N) is 2. The summed E-state index contributed by atoms with van der Waals surface area (Å²) in [5.74, 6) is -1.53. The second-order valence-corrected chi connectivity index (χ2v) is 4.74. The first-order valence-electron chi connectivity index (χ1n) is 6.14. The van der Waals surface area contributed by atoms with Crippen molar-refractivity contribution in [3.8, 4) is 0 Å². The molecule has 0 aliphatic heterocycles. The van der Waals surface area contributed by atoms with Crippen molar-refractivity contribution >= 4 is 5.97 Å². The molecule has 1 heterocycles. The summed E-state index contributed by atoms with van der Waals surface area (Å²) in [4.78, 5) is 11.4. The third kappa shape index (κ3) is 3.37. The fourth-order valence-electron chi connectivity index (χ4n) is 2.05. The molecule has 0 bridgehead atoms. The van der Waals surface area contributed by atoms with Gasteiger partial charge in [-0.15, -0.1) is 0 Å². The topological polar surface area (TPSA) is 63.1 Å². The predicted molar refractivity (Wildman–Crippen MR) is 72.0 cm³/mol. The zero-order chi connectivity index (χ0) is 13.8. The van der Waals surface area contributed by atoms with Crippen LogP contribution in [0, 0.1) is 13.8 Å². The van der Waals surface area contributed by atoms with Gasteiger partial charge in [-0.2, -0.15) is 10.2 Å². The van der Waals surface area contributed by atoms with Crippen LogP contribution >= 0.6 is 0 Å². The summed E-state index contributed by atoms with van der Waals surface area (Å²) in [6.07, 6.45) is 2.05. The summed E-state index contributed by atoms with van der Waals surface area (Å²) < 4.78 is 0. The van der Waals surface area contributed by atoms with Gasteiger partial charge in [-0.1, -0.05) is 29.8 Å². The molecule has 4 heteroatoms. The third-order valence-corrected chi connectivity index (χ3v) is 2.99. The van der Waals surface area contributed by atoms with Crippen molar-refractivity contribution < 1.29 is 9.90 Å². The average molecular weight is 256 g/mol. The molecule has 4 nitrogen and oxygen atoms in total. The van der Waals surface area contributed by atoms with Crippen LogP contribution in [0.4, 0.5) is 0 Å². The molecule has 1 aromatic carbocycles. The van der Waals surface area contributed by atoms with Crippen molar-refractivity contribution in [2.45, 2.75) is 26.2 Å². The Labute approximate surface area is 112 Å². The maximum Gasteiger partial charge on any atom is 0.313 e. The van der Waals surface area contributed by atoms with Crippen molar-refractivity contribution in [2.24, 2.45) is 0 Å². The van der Waals surface area contributed by atoms with Crippen molar-refractivity contribution in [1.82, 2.24) is 10.2 Å². The molecule has 0 saturated heterocycles. The van der Waals surface area contributed by atoms with Crippen molar-refractivity contribution in [1.29, 1.82) is 0 Å². The lowest BCUT2D eigenvalue weighted by Gasteiger charge is -2.12. The summed E-state index contributed by atoms with van der Waals surface area (Å²) in [6.45, 7) is 3.87. The van der Waals surface area contributed by atoms with Crippen molar-refractivity contribution in [3.63, 3.8) is 0 Å². The molecule has 19 heavy (non-hydrogen) atoms. The van der Waals surface area contributed by atoms with E-state index >= 15 is 0 Å². The highest BCUT2D eigenvalue weighted by Crippen LogP contribution is 2.20. The minimum absolute atomic E-state index is 0.426. The minimum Gasteiger partial charge on any atom is -0.481 e. The lowest BCUT2D eigenvalue weighted by molar-refractivity contribution is -0.138. The van der Waals surface area contributed by atoms with Crippen LogP contribution in [0.5, 0.6) is 0 Å². The number of carbonyl (C=O) groups is 1. The molecule has 0 radical (unpaired) electrons. The van der Waals surface area contributed by atoms with Crippen LogP contribution in [-0.2, 0) is 11.2 Å². The SMILES string of the molecule is Cc1cccc(CC(C(=O)O)c2cc(C)cnn2)c1.